The normalized spacial score (nSPS) is 12.6. The molecule has 0 bridgehead atoms. The minimum atomic E-state index is -1.38. The van der Waals surface area contributed by atoms with Gasteiger partial charge in [-0.2, -0.15) is 0 Å². The molecule has 0 aliphatic rings. The van der Waals surface area contributed by atoms with Crippen LogP contribution >= 0.6 is 0 Å². The van der Waals surface area contributed by atoms with Crippen molar-refractivity contribution in [1.29, 1.82) is 0 Å². The maximum absolute atomic E-state index is 12.8. The molecule has 2 unspecified atom stereocenters. The van der Waals surface area contributed by atoms with E-state index in [9.17, 15) is 19.2 Å². The monoisotopic (exact) mass is 819 g/mol. The number of aliphatic hydroxyl groups excluding tert-OH is 1. The van der Waals surface area contributed by atoms with Gasteiger partial charge in [0, 0.05) is 12.8 Å². The number of aliphatic hydroxyl groups is 1. The molecule has 0 saturated heterocycles. The third kappa shape index (κ3) is 40.1. The molecule has 338 valence electrons. The first-order chi connectivity index (χ1) is 28.3. The summed E-state index contributed by atoms with van der Waals surface area (Å²) in [5.74, 6) is -2.28. The summed E-state index contributed by atoms with van der Waals surface area (Å²) in [7, 11) is 0. The van der Waals surface area contributed by atoms with E-state index in [2.05, 4.69) is 48.8 Å². The van der Waals surface area contributed by atoms with E-state index in [-0.39, 0.29) is 24.5 Å². The fourth-order valence-corrected chi connectivity index (χ4v) is 7.22. The van der Waals surface area contributed by atoms with E-state index < -0.39 is 24.5 Å². The number of rotatable bonds is 44. The van der Waals surface area contributed by atoms with Crippen LogP contribution in [0.5, 0.6) is 0 Å². The number of aliphatic carboxylic acids is 1. The third-order valence-corrected chi connectivity index (χ3v) is 11.0. The molecule has 0 radical (unpaired) electrons. The average Bonchev–Trinajstić information content (AvgIpc) is 3.21. The number of carbonyl (C=O) groups excluding carboxylic acids is 3. The Morgan fingerprint density at radius 1 is 0.517 bits per heavy atom. The Kier molecular flexibility index (Phi) is 41.9. The molecule has 0 fully saturated rings. The highest BCUT2D eigenvalue weighted by Crippen LogP contribution is 2.19. The van der Waals surface area contributed by atoms with Crippen molar-refractivity contribution in [2.45, 2.75) is 251 Å². The van der Waals surface area contributed by atoms with Crippen LogP contribution < -0.4 is 10.6 Å². The fourth-order valence-electron chi connectivity index (χ4n) is 7.22. The molecule has 0 spiro atoms. The Morgan fingerprint density at radius 2 is 0.931 bits per heavy atom. The first-order valence-electron chi connectivity index (χ1n) is 24.2. The van der Waals surface area contributed by atoms with Gasteiger partial charge in [0.05, 0.1) is 13.2 Å². The van der Waals surface area contributed by atoms with E-state index in [1.165, 1.54) is 141 Å². The van der Waals surface area contributed by atoms with Gasteiger partial charge in [0.25, 0.3) is 0 Å². The molecular formula is C49H90N2O7. The minimum absolute atomic E-state index is 0.0119. The predicted molar refractivity (Wildman–Crippen MR) is 241 cm³/mol. The molecular weight excluding hydrogens is 729 g/mol. The topological polar surface area (TPSA) is 142 Å². The molecule has 58 heavy (non-hydrogen) atoms. The van der Waals surface area contributed by atoms with Crippen LogP contribution in [0.25, 0.3) is 0 Å². The van der Waals surface area contributed by atoms with E-state index in [1.54, 1.807) is 0 Å². The van der Waals surface area contributed by atoms with Gasteiger partial charge in [-0.1, -0.05) is 179 Å². The SMILES string of the molecule is CCCCC/C=C\C/C=C\CCCCCCCCCCCC(=O)OC(CCCCCCCCCCCCC)CCCCCCCC(=O)NCC(=O)NC(CO)C(=O)O. The van der Waals surface area contributed by atoms with Crippen molar-refractivity contribution in [3.63, 3.8) is 0 Å². The van der Waals surface area contributed by atoms with E-state index >= 15 is 0 Å². The van der Waals surface area contributed by atoms with Crippen LogP contribution in [0.2, 0.25) is 0 Å². The molecule has 0 rings (SSSR count). The van der Waals surface area contributed by atoms with Crippen LogP contribution in [0.3, 0.4) is 0 Å². The predicted octanol–water partition coefficient (Wildman–Crippen LogP) is 12.4. The molecule has 0 aliphatic heterocycles. The van der Waals surface area contributed by atoms with Crippen LogP contribution in [0, 0.1) is 0 Å². The van der Waals surface area contributed by atoms with Crippen molar-refractivity contribution in [2.75, 3.05) is 13.2 Å². The Bertz CT molecular complexity index is 1030. The lowest BCUT2D eigenvalue weighted by atomic mass is 10.0. The molecule has 9 heteroatoms. The zero-order chi connectivity index (χ0) is 42.6. The van der Waals surface area contributed by atoms with Gasteiger partial charge >= 0.3 is 11.9 Å². The third-order valence-electron chi connectivity index (χ3n) is 11.0. The zero-order valence-corrected chi connectivity index (χ0v) is 37.6. The second kappa shape index (κ2) is 43.9. The summed E-state index contributed by atoms with van der Waals surface area (Å²) in [6.45, 7) is 3.48. The molecule has 9 nitrogen and oxygen atoms in total. The number of esters is 1. The second-order valence-corrected chi connectivity index (χ2v) is 16.6. The highest BCUT2D eigenvalue weighted by molar-refractivity contribution is 5.87. The summed E-state index contributed by atoms with van der Waals surface area (Å²) in [6.07, 6.45) is 49.2. The maximum atomic E-state index is 12.8. The number of unbranched alkanes of at least 4 members (excludes halogenated alkanes) is 26. The zero-order valence-electron chi connectivity index (χ0n) is 37.6. The standard InChI is InChI=1S/C49H90N2O7/c1-3-5-7-9-11-13-15-16-17-18-19-20-21-22-24-26-28-33-37-41-48(55)58-44(38-34-30-27-25-23-14-12-10-8-6-4-2)39-35-31-29-32-36-40-46(53)50-42-47(54)51-45(43-52)49(56)57/h11,13,16-17,44-45,52H,3-10,12,14-15,18-43H2,1-2H3,(H,50,53)(H,51,54)(H,56,57)/b13-11-,17-16-. The van der Waals surface area contributed by atoms with Gasteiger partial charge < -0.3 is 25.6 Å². The number of amides is 2. The Labute approximate surface area is 355 Å². The Hall–Kier alpha value is -2.68. The van der Waals surface area contributed by atoms with E-state index in [4.69, 9.17) is 14.9 Å². The van der Waals surface area contributed by atoms with Crippen molar-refractivity contribution in [2.24, 2.45) is 0 Å². The van der Waals surface area contributed by atoms with Crippen molar-refractivity contribution in [1.82, 2.24) is 10.6 Å². The summed E-state index contributed by atoms with van der Waals surface area (Å²) in [4.78, 5) is 47.7. The summed E-state index contributed by atoms with van der Waals surface area (Å²) in [5, 5.41) is 22.6. The quantitative estimate of drug-likeness (QED) is 0.0272. The number of carboxylic acids is 1. The number of ether oxygens (including phenoxy) is 1. The van der Waals surface area contributed by atoms with Crippen molar-refractivity contribution in [3.05, 3.63) is 24.3 Å². The lowest BCUT2D eigenvalue weighted by molar-refractivity contribution is -0.150. The van der Waals surface area contributed by atoms with Gasteiger partial charge in [-0.05, 0) is 70.6 Å². The highest BCUT2D eigenvalue weighted by Gasteiger charge is 2.19. The lowest BCUT2D eigenvalue weighted by Gasteiger charge is -2.18. The summed E-state index contributed by atoms with van der Waals surface area (Å²) in [5.41, 5.74) is 0. The van der Waals surface area contributed by atoms with Gasteiger partial charge in [0.15, 0.2) is 0 Å². The minimum Gasteiger partial charge on any atom is -0.480 e. The molecule has 0 heterocycles. The number of allylic oxidation sites excluding steroid dienone is 4. The molecule has 0 aromatic carbocycles. The van der Waals surface area contributed by atoms with Crippen LogP contribution in [-0.2, 0) is 23.9 Å². The van der Waals surface area contributed by atoms with Crippen LogP contribution in [0.4, 0.5) is 0 Å². The van der Waals surface area contributed by atoms with Crippen LogP contribution in [0.1, 0.15) is 239 Å². The lowest BCUT2D eigenvalue weighted by Crippen LogP contribution is -2.47. The average molecular weight is 819 g/mol. The number of hydrogen-bond donors (Lipinski definition) is 4. The first-order valence-corrected chi connectivity index (χ1v) is 24.2. The van der Waals surface area contributed by atoms with E-state index in [0.29, 0.717) is 19.3 Å². The fraction of sp³-hybridized carbons (Fsp3) is 0.837. The van der Waals surface area contributed by atoms with Gasteiger partial charge in [-0.25, -0.2) is 4.79 Å². The van der Waals surface area contributed by atoms with Gasteiger partial charge in [0.2, 0.25) is 11.8 Å². The van der Waals surface area contributed by atoms with E-state index in [1.807, 2.05) is 0 Å². The van der Waals surface area contributed by atoms with E-state index in [0.717, 1.165) is 64.2 Å². The van der Waals surface area contributed by atoms with Crippen molar-refractivity contribution < 1.29 is 34.1 Å². The van der Waals surface area contributed by atoms with Crippen LogP contribution in [-0.4, -0.2) is 59.3 Å². The van der Waals surface area contributed by atoms with Crippen molar-refractivity contribution >= 4 is 23.8 Å². The van der Waals surface area contributed by atoms with Crippen molar-refractivity contribution in [3.8, 4) is 0 Å². The summed E-state index contributed by atoms with van der Waals surface area (Å²) < 4.78 is 6.05. The summed E-state index contributed by atoms with van der Waals surface area (Å²) >= 11 is 0. The van der Waals surface area contributed by atoms with Gasteiger partial charge in [-0.3, -0.25) is 14.4 Å². The molecule has 0 aromatic heterocycles. The van der Waals surface area contributed by atoms with Crippen LogP contribution in [0.15, 0.2) is 24.3 Å². The Morgan fingerprint density at radius 3 is 1.41 bits per heavy atom. The largest absolute Gasteiger partial charge is 0.480 e. The molecule has 2 amide bonds. The Balaban J connectivity index is 4.23. The molecule has 0 aromatic rings. The number of hydrogen-bond acceptors (Lipinski definition) is 6. The first kappa shape index (κ1) is 55.3. The second-order valence-electron chi connectivity index (χ2n) is 16.6. The molecule has 4 N–H and O–H groups in total. The number of carbonyl (C=O) groups is 4. The highest BCUT2D eigenvalue weighted by atomic mass is 16.5. The molecule has 0 saturated carbocycles. The number of carboxylic acid groups (broad SMARTS) is 1. The molecule has 0 aliphatic carbocycles. The van der Waals surface area contributed by atoms with Gasteiger partial charge in [-0.15, -0.1) is 0 Å². The molecule has 2 atom stereocenters. The maximum Gasteiger partial charge on any atom is 0.328 e. The van der Waals surface area contributed by atoms with Gasteiger partial charge in [0.1, 0.15) is 12.1 Å². The smallest absolute Gasteiger partial charge is 0.328 e. The summed E-state index contributed by atoms with van der Waals surface area (Å²) in [6, 6.07) is -1.38. The number of nitrogens with one attached hydrogen (secondary N) is 2.